The summed E-state index contributed by atoms with van der Waals surface area (Å²) in [7, 11) is 0. The van der Waals surface area contributed by atoms with Gasteiger partial charge in [-0.2, -0.15) is 0 Å². The summed E-state index contributed by atoms with van der Waals surface area (Å²) in [5, 5.41) is 0. The van der Waals surface area contributed by atoms with Crippen LogP contribution in [0.3, 0.4) is 0 Å². The average molecular weight is 248 g/mol. The third kappa shape index (κ3) is 1.95. The first kappa shape index (κ1) is 11.8. The molecular formula is C14H20N2O2. The van der Waals surface area contributed by atoms with E-state index in [1.165, 1.54) is 5.56 Å². The van der Waals surface area contributed by atoms with Gasteiger partial charge in [0.1, 0.15) is 0 Å². The van der Waals surface area contributed by atoms with Crippen LogP contribution in [-0.2, 0) is 0 Å². The predicted molar refractivity (Wildman–Crippen MR) is 69.7 cm³/mol. The summed E-state index contributed by atoms with van der Waals surface area (Å²) in [5.74, 6) is 2.27. The fraction of sp³-hybridized carbons (Fsp3) is 0.571. The lowest BCUT2D eigenvalue weighted by Gasteiger charge is -2.24. The van der Waals surface area contributed by atoms with Crippen molar-refractivity contribution in [3.63, 3.8) is 0 Å². The van der Waals surface area contributed by atoms with Crippen LogP contribution in [-0.4, -0.2) is 30.8 Å². The molecule has 0 radical (unpaired) electrons. The van der Waals surface area contributed by atoms with Crippen molar-refractivity contribution >= 4 is 0 Å². The SMILES string of the molecule is CC1CN(C(C)c2ccc3c(c2)OCO3)CC1N. The van der Waals surface area contributed by atoms with Crippen molar-refractivity contribution in [3.8, 4) is 11.5 Å². The highest BCUT2D eigenvalue weighted by molar-refractivity contribution is 5.45. The molecule has 0 aromatic heterocycles. The zero-order valence-electron chi connectivity index (χ0n) is 10.9. The molecule has 1 fully saturated rings. The summed E-state index contributed by atoms with van der Waals surface area (Å²) in [6, 6.07) is 6.86. The molecule has 4 heteroatoms. The second-order valence-corrected chi connectivity index (χ2v) is 5.38. The first-order valence-corrected chi connectivity index (χ1v) is 6.54. The minimum absolute atomic E-state index is 0.293. The van der Waals surface area contributed by atoms with Crippen LogP contribution in [0.25, 0.3) is 0 Å². The Morgan fingerprint density at radius 1 is 1.28 bits per heavy atom. The second-order valence-electron chi connectivity index (χ2n) is 5.38. The van der Waals surface area contributed by atoms with Crippen molar-refractivity contribution in [1.82, 2.24) is 4.90 Å². The second kappa shape index (κ2) is 4.44. The lowest BCUT2D eigenvalue weighted by Crippen LogP contribution is -2.29. The Morgan fingerprint density at radius 2 is 2.06 bits per heavy atom. The van der Waals surface area contributed by atoms with E-state index in [2.05, 4.69) is 30.9 Å². The molecule has 0 saturated carbocycles. The molecule has 2 N–H and O–H groups in total. The molecule has 2 aliphatic rings. The average Bonchev–Trinajstić information content (AvgIpc) is 2.95. The third-order valence-corrected chi connectivity index (χ3v) is 4.13. The van der Waals surface area contributed by atoms with E-state index < -0.39 is 0 Å². The van der Waals surface area contributed by atoms with Gasteiger partial charge >= 0.3 is 0 Å². The highest BCUT2D eigenvalue weighted by Gasteiger charge is 2.30. The van der Waals surface area contributed by atoms with E-state index in [0.717, 1.165) is 24.6 Å². The van der Waals surface area contributed by atoms with Crippen LogP contribution in [0, 0.1) is 5.92 Å². The standard InChI is InChI=1S/C14H20N2O2/c1-9-6-16(7-12(9)15)10(2)11-3-4-13-14(5-11)18-8-17-13/h3-5,9-10,12H,6-8,15H2,1-2H3. The van der Waals surface area contributed by atoms with Gasteiger partial charge in [-0.25, -0.2) is 0 Å². The van der Waals surface area contributed by atoms with Crippen LogP contribution in [0.5, 0.6) is 11.5 Å². The lowest BCUT2D eigenvalue weighted by atomic mass is 10.1. The molecule has 98 valence electrons. The van der Waals surface area contributed by atoms with Crippen molar-refractivity contribution < 1.29 is 9.47 Å². The number of benzene rings is 1. The highest BCUT2D eigenvalue weighted by Crippen LogP contribution is 2.36. The number of hydrogen-bond acceptors (Lipinski definition) is 4. The number of likely N-dealkylation sites (tertiary alicyclic amines) is 1. The summed E-state index contributed by atoms with van der Waals surface area (Å²) in [6.45, 7) is 6.81. The molecular weight excluding hydrogens is 228 g/mol. The highest BCUT2D eigenvalue weighted by atomic mass is 16.7. The van der Waals surface area contributed by atoms with Gasteiger partial charge in [-0.3, -0.25) is 4.90 Å². The molecule has 0 aliphatic carbocycles. The largest absolute Gasteiger partial charge is 0.454 e. The monoisotopic (exact) mass is 248 g/mol. The van der Waals surface area contributed by atoms with E-state index in [1.54, 1.807) is 0 Å². The van der Waals surface area contributed by atoms with Crippen LogP contribution in [0.4, 0.5) is 0 Å². The number of ether oxygens (including phenoxy) is 2. The number of hydrogen-bond donors (Lipinski definition) is 1. The maximum Gasteiger partial charge on any atom is 0.231 e. The van der Waals surface area contributed by atoms with Gasteiger partial charge in [0.25, 0.3) is 0 Å². The van der Waals surface area contributed by atoms with Gasteiger partial charge in [-0.1, -0.05) is 13.0 Å². The zero-order valence-corrected chi connectivity index (χ0v) is 10.9. The molecule has 2 heterocycles. The molecule has 4 nitrogen and oxygen atoms in total. The van der Waals surface area contributed by atoms with E-state index in [4.69, 9.17) is 15.2 Å². The summed E-state index contributed by atoms with van der Waals surface area (Å²) < 4.78 is 10.8. The minimum atomic E-state index is 0.293. The summed E-state index contributed by atoms with van der Waals surface area (Å²) in [4.78, 5) is 2.44. The Balaban J connectivity index is 1.78. The Hall–Kier alpha value is -1.26. The molecule has 2 aliphatic heterocycles. The maximum absolute atomic E-state index is 6.09. The fourth-order valence-electron chi connectivity index (χ4n) is 2.73. The van der Waals surface area contributed by atoms with E-state index in [0.29, 0.717) is 24.8 Å². The topological polar surface area (TPSA) is 47.7 Å². The molecule has 18 heavy (non-hydrogen) atoms. The van der Waals surface area contributed by atoms with Gasteiger partial charge in [0.05, 0.1) is 0 Å². The smallest absolute Gasteiger partial charge is 0.231 e. The van der Waals surface area contributed by atoms with Gasteiger partial charge < -0.3 is 15.2 Å². The van der Waals surface area contributed by atoms with Crippen molar-refractivity contribution in [2.24, 2.45) is 11.7 Å². The Labute approximate surface area is 108 Å². The van der Waals surface area contributed by atoms with Crippen LogP contribution >= 0.6 is 0 Å². The van der Waals surface area contributed by atoms with Gasteiger partial charge in [-0.15, -0.1) is 0 Å². The Bertz CT molecular complexity index is 439. The normalized spacial score (nSPS) is 28.6. The van der Waals surface area contributed by atoms with Gasteiger partial charge in [0, 0.05) is 25.2 Å². The molecule has 0 spiro atoms. The van der Waals surface area contributed by atoms with Crippen LogP contribution in [0.1, 0.15) is 25.5 Å². The number of nitrogens with zero attached hydrogens (tertiary/aromatic N) is 1. The van der Waals surface area contributed by atoms with Crippen LogP contribution in [0.15, 0.2) is 18.2 Å². The first-order chi connectivity index (χ1) is 8.65. The number of fused-ring (bicyclic) bond motifs is 1. The van der Waals surface area contributed by atoms with Crippen molar-refractivity contribution in [3.05, 3.63) is 23.8 Å². The predicted octanol–water partition coefficient (Wildman–Crippen LogP) is 1.76. The van der Waals surface area contributed by atoms with Gasteiger partial charge in [0.2, 0.25) is 6.79 Å². The molecule has 0 amide bonds. The quantitative estimate of drug-likeness (QED) is 0.866. The Morgan fingerprint density at radius 3 is 2.78 bits per heavy atom. The van der Waals surface area contributed by atoms with Gasteiger partial charge in [0.15, 0.2) is 11.5 Å². The van der Waals surface area contributed by atoms with E-state index in [9.17, 15) is 0 Å². The molecule has 1 aromatic rings. The fourth-order valence-corrected chi connectivity index (χ4v) is 2.73. The lowest BCUT2D eigenvalue weighted by molar-refractivity contribution is 0.174. The number of nitrogens with two attached hydrogens (primary N) is 1. The van der Waals surface area contributed by atoms with Gasteiger partial charge in [-0.05, 0) is 30.5 Å². The minimum Gasteiger partial charge on any atom is -0.454 e. The first-order valence-electron chi connectivity index (χ1n) is 6.54. The summed E-state index contributed by atoms with van der Waals surface area (Å²) in [5.41, 5.74) is 7.35. The molecule has 3 unspecified atom stereocenters. The summed E-state index contributed by atoms with van der Waals surface area (Å²) >= 11 is 0. The molecule has 3 atom stereocenters. The van der Waals surface area contributed by atoms with E-state index in [-0.39, 0.29) is 0 Å². The Kier molecular flexibility index (Phi) is 2.92. The maximum atomic E-state index is 6.09. The third-order valence-electron chi connectivity index (χ3n) is 4.13. The van der Waals surface area contributed by atoms with Crippen LogP contribution in [0.2, 0.25) is 0 Å². The number of rotatable bonds is 2. The van der Waals surface area contributed by atoms with Crippen LogP contribution < -0.4 is 15.2 Å². The van der Waals surface area contributed by atoms with Crippen molar-refractivity contribution in [2.75, 3.05) is 19.9 Å². The van der Waals surface area contributed by atoms with E-state index in [1.807, 2.05) is 6.07 Å². The molecule has 3 rings (SSSR count). The summed E-state index contributed by atoms with van der Waals surface area (Å²) in [6.07, 6.45) is 0. The molecule has 0 bridgehead atoms. The zero-order chi connectivity index (χ0) is 12.7. The molecule has 1 aromatic carbocycles. The molecule has 1 saturated heterocycles. The van der Waals surface area contributed by atoms with Crippen molar-refractivity contribution in [1.29, 1.82) is 0 Å². The van der Waals surface area contributed by atoms with E-state index >= 15 is 0 Å². The van der Waals surface area contributed by atoms with Crippen molar-refractivity contribution in [2.45, 2.75) is 25.9 Å².